The van der Waals surface area contributed by atoms with Crippen molar-refractivity contribution in [3.8, 4) is 0 Å². The highest BCUT2D eigenvalue weighted by molar-refractivity contribution is 7.89. The Balaban J connectivity index is 1.42. The molecule has 0 spiro atoms. The number of nitrogens with zero attached hydrogens (tertiary/aromatic N) is 2. The number of fused-ring (bicyclic) bond motifs is 1. The third kappa shape index (κ3) is 4.37. The molecule has 2 fully saturated rings. The Morgan fingerprint density at radius 1 is 1.07 bits per heavy atom. The van der Waals surface area contributed by atoms with Crippen molar-refractivity contribution in [1.29, 1.82) is 0 Å². The summed E-state index contributed by atoms with van der Waals surface area (Å²) in [5.74, 6) is 1.11. The fourth-order valence-corrected chi connectivity index (χ4v) is 6.76. The topological polar surface area (TPSA) is 40.6 Å². The standard InChI is InChI=1S/C23H34N2O2S/c1-2-16-28(26,27)25-17-21-6-5-7-22(23(21)18-25)20-10-8-19(9-11-20)12-15-24-13-3-4-14-24/h7-11,21,23H,2-6,12-18H2,1H3. The lowest BCUT2D eigenvalue weighted by atomic mass is 9.78. The number of benzene rings is 1. The van der Waals surface area contributed by atoms with Gasteiger partial charge in [-0.15, -0.1) is 0 Å². The van der Waals surface area contributed by atoms with E-state index in [2.05, 4.69) is 35.2 Å². The van der Waals surface area contributed by atoms with Crippen molar-refractivity contribution < 1.29 is 8.42 Å². The zero-order valence-corrected chi connectivity index (χ0v) is 18.0. The molecular formula is C23H34N2O2S. The zero-order valence-electron chi connectivity index (χ0n) is 17.1. The molecule has 2 saturated heterocycles. The van der Waals surface area contributed by atoms with Crippen molar-refractivity contribution in [2.24, 2.45) is 11.8 Å². The van der Waals surface area contributed by atoms with Gasteiger partial charge in [-0.25, -0.2) is 12.7 Å². The van der Waals surface area contributed by atoms with E-state index in [0.29, 0.717) is 31.3 Å². The number of rotatable bonds is 7. The van der Waals surface area contributed by atoms with Gasteiger partial charge < -0.3 is 4.90 Å². The number of sulfonamides is 1. The molecule has 0 aromatic heterocycles. The van der Waals surface area contributed by atoms with Crippen LogP contribution in [0.4, 0.5) is 0 Å². The molecule has 0 radical (unpaired) electrons. The van der Waals surface area contributed by atoms with Crippen molar-refractivity contribution in [2.75, 3.05) is 38.5 Å². The predicted octanol–water partition coefficient (Wildman–Crippen LogP) is 3.79. The molecule has 4 nitrogen and oxygen atoms in total. The Bertz CT molecular complexity index is 794. The van der Waals surface area contributed by atoms with Crippen LogP contribution in [0.3, 0.4) is 0 Å². The van der Waals surface area contributed by atoms with Crippen LogP contribution in [-0.2, 0) is 16.4 Å². The normalized spacial score (nSPS) is 26.4. The van der Waals surface area contributed by atoms with Gasteiger partial charge in [0, 0.05) is 25.6 Å². The highest BCUT2D eigenvalue weighted by Crippen LogP contribution is 2.42. The maximum atomic E-state index is 12.5. The summed E-state index contributed by atoms with van der Waals surface area (Å²) in [5, 5.41) is 0. The van der Waals surface area contributed by atoms with Gasteiger partial charge in [0.25, 0.3) is 0 Å². The van der Waals surface area contributed by atoms with Crippen LogP contribution in [0.2, 0.25) is 0 Å². The first-order chi connectivity index (χ1) is 13.6. The molecule has 1 aliphatic carbocycles. The summed E-state index contributed by atoms with van der Waals surface area (Å²) in [6, 6.07) is 9.07. The van der Waals surface area contributed by atoms with Gasteiger partial charge in [0.2, 0.25) is 10.0 Å². The second-order valence-corrected chi connectivity index (χ2v) is 10.8. The average Bonchev–Trinajstić information content (AvgIpc) is 3.36. The fourth-order valence-electron chi connectivity index (χ4n) is 5.18. The largest absolute Gasteiger partial charge is 0.303 e. The third-order valence-corrected chi connectivity index (χ3v) is 8.78. The molecule has 0 bridgehead atoms. The van der Waals surface area contributed by atoms with E-state index in [4.69, 9.17) is 0 Å². The molecule has 154 valence electrons. The molecule has 2 heterocycles. The monoisotopic (exact) mass is 402 g/mol. The van der Waals surface area contributed by atoms with E-state index in [-0.39, 0.29) is 5.75 Å². The summed E-state index contributed by atoms with van der Waals surface area (Å²) in [7, 11) is -3.09. The summed E-state index contributed by atoms with van der Waals surface area (Å²) in [5.41, 5.74) is 4.06. The van der Waals surface area contributed by atoms with E-state index < -0.39 is 10.0 Å². The molecule has 0 amide bonds. The molecule has 2 unspecified atom stereocenters. The minimum atomic E-state index is -3.09. The molecule has 2 aliphatic heterocycles. The first-order valence-electron chi connectivity index (χ1n) is 11.1. The highest BCUT2D eigenvalue weighted by atomic mass is 32.2. The lowest BCUT2D eigenvalue weighted by Gasteiger charge is -2.26. The first kappa shape index (κ1) is 20.1. The number of hydrogen-bond acceptors (Lipinski definition) is 3. The zero-order chi connectivity index (χ0) is 19.6. The molecule has 28 heavy (non-hydrogen) atoms. The Hall–Kier alpha value is -1.17. The highest BCUT2D eigenvalue weighted by Gasteiger charge is 2.41. The fraction of sp³-hybridized carbons (Fsp3) is 0.652. The molecule has 1 aromatic carbocycles. The van der Waals surface area contributed by atoms with E-state index in [1.807, 2.05) is 6.92 Å². The Labute approximate surface area is 170 Å². The predicted molar refractivity (Wildman–Crippen MR) is 116 cm³/mol. The quantitative estimate of drug-likeness (QED) is 0.697. The molecule has 3 aliphatic rings. The lowest BCUT2D eigenvalue weighted by molar-refractivity contribution is 0.343. The minimum Gasteiger partial charge on any atom is -0.303 e. The Morgan fingerprint density at radius 3 is 2.54 bits per heavy atom. The number of likely N-dealkylation sites (tertiary alicyclic amines) is 1. The van der Waals surface area contributed by atoms with E-state index in [9.17, 15) is 8.42 Å². The first-order valence-corrected chi connectivity index (χ1v) is 12.7. The summed E-state index contributed by atoms with van der Waals surface area (Å²) >= 11 is 0. The second-order valence-electron chi connectivity index (χ2n) is 8.73. The molecule has 0 saturated carbocycles. The van der Waals surface area contributed by atoms with E-state index in [0.717, 1.165) is 25.8 Å². The van der Waals surface area contributed by atoms with Crippen molar-refractivity contribution in [1.82, 2.24) is 9.21 Å². The van der Waals surface area contributed by atoms with Crippen molar-refractivity contribution in [3.63, 3.8) is 0 Å². The molecule has 4 rings (SSSR count). The van der Waals surface area contributed by atoms with Crippen LogP contribution >= 0.6 is 0 Å². The maximum Gasteiger partial charge on any atom is 0.214 e. The Morgan fingerprint density at radius 2 is 1.82 bits per heavy atom. The van der Waals surface area contributed by atoms with Gasteiger partial charge in [0.05, 0.1) is 5.75 Å². The van der Waals surface area contributed by atoms with Crippen LogP contribution in [0, 0.1) is 11.8 Å². The van der Waals surface area contributed by atoms with Crippen LogP contribution in [0.1, 0.15) is 50.2 Å². The van der Waals surface area contributed by atoms with E-state index in [1.165, 1.54) is 42.6 Å². The van der Waals surface area contributed by atoms with Crippen molar-refractivity contribution in [3.05, 3.63) is 41.5 Å². The van der Waals surface area contributed by atoms with Crippen LogP contribution < -0.4 is 0 Å². The molecule has 0 N–H and O–H groups in total. The van der Waals surface area contributed by atoms with Crippen LogP contribution in [0.25, 0.3) is 5.57 Å². The maximum absolute atomic E-state index is 12.5. The summed E-state index contributed by atoms with van der Waals surface area (Å²) in [6.07, 6.45) is 9.04. The van der Waals surface area contributed by atoms with Crippen LogP contribution in [0.15, 0.2) is 30.3 Å². The van der Waals surface area contributed by atoms with Gasteiger partial charge >= 0.3 is 0 Å². The molecule has 5 heteroatoms. The Kier molecular flexibility index (Phi) is 6.24. The van der Waals surface area contributed by atoms with Gasteiger partial charge in [-0.3, -0.25) is 0 Å². The summed E-state index contributed by atoms with van der Waals surface area (Å²) < 4.78 is 26.9. The van der Waals surface area contributed by atoms with E-state index in [1.54, 1.807) is 4.31 Å². The summed E-state index contributed by atoms with van der Waals surface area (Å²) in [4.78, 5) is 2.56. The molecule has 2 atom stereocenters. The van der Waals surface area contributed by atoms with E-state index >= 15 is 0 Å². The van der Waals surface area contributed by atoms with Crippen molar-refractivity contribution >= 4 is 15.6 Å². The van der Waals surface area contributed by atoms with Crippen LogP contribution in [0.5, 0.6) is 0 Å². The minimum absolute atomic E-state index is 0.275. The number of hydrogen-bond donors (Lipinski definition) is 0. The SMILES string of the molecule is CCCS(=O)(=O)N1CC2CCC=C(c3ccc(CCN4CCCC4)cc3)C2C1. The van der Waals surface area contributed by atoms with Gasteiger partial charge in [-0.2, -0.15) is 0 Å². The third-order valence-electron chi connectivity index (χ3n) is 6.77. The van der Waals surface area contributed by atoms with Crippen LogP contribution in [-0.4, -0.2) is 56.1 Å². The van der Waals surface area contributed by atoms with Gasteiger partial charge in [-0.1, -0.05) is 37.3 Å². The number of allylic oxidation sites excluding steroid dienone is 1. The smallest absolute Gasteiger partial charge is 0.214 e. The van der Waals surface area contributed by atoms with Gasteiger partial charge in [0.1, 0.15) is 0 Å². The average molecular weight is 403 g/mol. The summed E-state index contributed by atoms with van der Waals surface area (Å²) in [6.45, 7) is 6.99. The van der Waals surface area contributed by atoms with Gasteiger partial charge in [0.15, 0.2) is 0 Å². The van der Waals surface area contributed by atoms with Crippen molar-refractivity contribution in [2.45, 2.75) is 45.4 Å². The second kappa shape index (κ2) is 8.68. The van der Waals surface area contributed by atoms with Gasteiger partial charge in [-0.05, 0) is 74.2 Å². The molecular weight excluding hydrogens is 368 g/mol. The lowest BCUT2D eigenvalue weighted by Crippen LogP contribution is -2.31. The molecule has 1 aromatic rings.